The van der Waals surface area contributed by atoms with Crippen LogP contribution in [0.1, 0.15) is 28.2 Å². The number of carboxylic acids is 1. The predicted octanol–water partition coefficient (Wildman–Crippen LogP) is 3.14. The number of nitrogens with one attached hydrogen (secondary N) is 1. The van der Waals surface area contributed by atoms with Gasteiger partial charge in [0.05, 0.1) is 0 Å². The number of thiophene rings is 1. The van der Waals surface area contributed by atoms with Crippen molar-refractivity contribution in [1.29, 1.82) is 0 Å². The lowest BCUT2D eigenvalue weighted by atomic mass is 10.1. The van der Waals surface area contributed by atoms with Crippen LogP contribution in [0.4, 0.5) is 0 Å². The molecule has 0 amide bonds. The van der Waals surface area contributed by atoms with E-state index in [4.69, 9.17) is 16.7 Å². The van der Waals surface area contributed by atoms with Crippen LogP contribution in [0.2, 0.25) is 5.02 Å². The van der Waals surface area contributed by atoms with E-state index >= 15 is 0 Å². The molecule has 2 N–H and O–H groups in total. The smallest absolute Gasteiger partial charge is 0.347 e. The normalized spacial score (nSPS) is 13.0. The molecule has 0 saturated carbocycles. The van der Waals surface area contributed by atoms with E-state index in [1.165, 1.54) is 11.4 Å². The van der Waals surface area contributed by atoms with Crippen molar-refractivity contribution in [2.75, 3.05) is 0 Å². The number of benzene rings is 1. The number of rotatable bonds is 5. The highest BCUT2D eigenvalue weighted by Crippen LogP contribution is 2.26. The molecule has 1 aromatic heterocycles. The Morgan fingerprint density at radius 1 is 1.33 bits per heavy atom. The third-order valence-corrected chi connectivity index (χ3v) is 5.78. The molecule has 0 saturated heterocycles. The van der Waals surface area contributed by atoms with Crippen molar-refractivity contribution in [1.82, 2.24) is 4.72 Å². The second kappa shape index (κ2) is 6.15. The van der Waals surface area contributed by atoms with Gasteiger partial charge in [-0.2, -0.15) is 0 Å². The molecule has 2 aromatic rings. The summed E-state index contributed by atoms with van der Waals surface area (Å²) < 4.78 is 27.0. The van der Waals surface area contributed by atoms with Crippen molar-refractivity contribution in [2.45, 2.75) is 17.9 Å². The average molecular weight is 346 g/mol. The number of carbonyl (C=O) groups is 1. The van der Waals surface area contributed by atoms with Crippen LogP contribution in [0.5, 0.6) is 0 Å². The maximum Gasteiger partial charge on any atom is 0.347 e. The minimum absolute atomic E-state index is 0.214. The first-order valence-corrected chi connectivity index (χ1v) is 8.64. The van der Waals surface area contributed by atoms with E-state index in [1.807, 2.05) is 0 Å². The standard InChI is InChI=1S/C13H12ClNO4S2/c1-8(9-4-2-3-5-10(9)14)15-21(18,19)11-6-7-20-12(11)13(16)17/h2-8,15H,1H3,(H,16,17)/t8-/m1/s1. The van der Waals surface area contributed by atoms with E-state index < -0.39 is 22.0 Å². The highest BCUT2D eigenvalue weighted by Gasteiger charge is 2.26. The third kappa shape index (κ3) is 3.44. The number of hydrogen-bond acceptors (Lipinski definition) is 4. The monoisotopic (exact) mass is 345 g/mol. The Morgan fingerprint density at radius 2 is 2.00 bits per heavy atom. The van der Waals surface area contributed by atoms with E-state index in [1.54, 1.807) is 31.2 Å². The lowest BCUT2D eigenvalue weighted by Gasteiger charge is -2.15. The number of carboxylic acid groups (broad SMARTS) is 1. The number of hydrogen-bond donors (Lipinski definition) is 2. The van der Waals surface area contributed by atoms with Crippen LogP contribution in [0.3, 0.4) is 0 Å². The second-order valence-corrected chi connectivity index (χ2v) is 7.29. The summed E-state index contributed by atoms with van der Waals surface area (Å²) in [7, 11) is -3.94. The Balaban J connectivity index is 2.32. The van der Waals surface area contributed by atoms with E-state index in [2.05, 4.69) is 4.72 Å². The molecule has 0 spiro atoms. The summed E-state index contributed by atoms with van der Waals surface area (Å²) in [4.78, 5) is 10.6. The number of halogens is 1. The SMILES string of the molecule is C[C@@H](NS(=O)(=O)c1ccsc1C(=O)O)c1ccccc1Cl. The van der Waals surface area contributed by atoms with Gasteiger partial charge in [-0.3, -0.25) is 0 Å². The minimum atomic E-state index is -3.94. The zero-order chi connectivity index (χ0) is 15.6. The topological polar surface area (TPSA) is 83.5 Å². The van der Waals surface area contributed by atoms with Gasteiger partial charge in [0, 0.05) is 11.1 Å². The highest BCUT2D eigenvalue weighted by molar-refractivity contribution is 7.89. The third-order valence-electron chi connectivity index (χ3n) is 2.82. The van der Waals surface area contributed by atoms with Gasteiger partial charge in [0.25, 0.3) is 0 Å². The second-order valence-electron chi connectivity index (χ2n) is 4.28. The molecule has 112 valence electrons. The van der Waals surface area contributed by atoms with E-state index in [9.17, 15) is 13.2 Å². The molecule has 0 aliphatic rings. The predicted molar refractivity (Wildman–Crippen MR) is 81.5 cm³/mol. The maximum atomic E-state index is 12.3. The molecule has 1 atom stereocenters. The fraction of sp³-hybridized carbons (Fsp3) is 0.154. The molecule has 5 nitrogen and oxygen atoms in total. The largest absolute Gasteiger partial charge is 0.477 e. The van der Waals surface area contributed by atoms with Gasteiger partial charge < -0.3 is 5.11 Å². The quantitative estimate of drug-likeness (QED) is 0.872. The molecule has 0 unspecified atom stereocenters. The number of sulfonamides is 1. The fourth-order valence-electron chi connectivity index (χ4n) is 1.85. The lowest BCUT2D eigenvalue weighted by Crippen LogP contribution is -2.27. The Kier molecular flexibility index (Phi) is 4.67. The van der Waals surface area contributed by atoms with Crippen molar-refractivity contribution >= 4 is 38.9 Å². The van der Waals surface area contributed by atoms with Crippen LogP contribution in [-0.2, 0) is 10.0 Å². The molecular formula is C13H12ClNO4S2. The molecule has 0 radical (unpaired) electrons. The molecule has 1 heterocycles. The molecule has 1 aromatic carbocycles. The average Bonchev–Trinajstić information content (AvgIpc) is 2.88. The molecule has 21 heavy (non-hydrogen) atoms. The summed E-state index contributed by atoms with van der Waals surface area (Å²) >= 11 is 6.89. The molecule has 0 aliphatic heterocycles. The highest BCUT2D eigenvalue weighted by atomic mass is 35.5. The van der Waals surface area contributed by atoms with Crippen LogP contribution >= 0.6 is 22.9 Å². The van der Waals surface area contributed by atoms with Gasteiger partial charge in [0.1, 0.15) is 9.77 Å². The molecule has 0 fully saturated rings. The summed E-state index contributed by atoms with van der Waals surface area (Å²) in [5.74, 6) is -1.27. The van der Waals surface area contributed by atoms with Gasteiger partial charge in [-0.1, -0.05) is 29.8 Å². The summed E-state index contributed by atoms with van der Waals surface area (Å²) in [6.07, 6.45) is 0. The lowest BCUT2D eigenvalue weighted by molar-refractivity contribution is 0.0698. The van der Waals surface area contributed by atoms with Crippen LogP contribution in [0.15, 0.2) is 40.6 Å². The van der Waals surface area contributed by atoms with Crippen LogP contribution < -0.4 is 4.72 Å². The van der Waals surface area contributed by atoms with Crippen molar-refractivity contribution < 1.29 is 18.3 Å². The first-order chi connectivity index (χ1) is 9.83. The number of aromatic carboxylic acids is 1. The summed E-state index contributed by atoms with van der Waals surface area (Å²) in [6.45, 7) is 1.64. The zero-order valence-electron chi connectivity index (χ0n) is 10.9. The van der Waals surface area contributed by atoms with Gasteiger partial charge in [-0.15, -0.1) is 11.3 Å². The minimum Gasteiger partial charge on any atom is -0.477 e. The van der Waals surface area contributed by atoms with Crippen molar-refractivity contribution in [3.63, 3.8) is 0 Å². The summed E-state index contributed by atoms with van der Waals surface area (Å²) in [6, 6.07) is 7.56. The van der Waals surface area contributed by atoms with Crippen molar-refractivity contribution in [2.24, 2.45) is 0 Å². The fourth-order valence-corrected chi connectivity index (χ4v) is 4.63. The van der Waals surface area contributed by atoms with Crippen LogP contribution in [-0.4, -0.2) is 19.5 Å². The van der Waals surface area contributed by atoms with Gasteiger partial charge in [0.15, 0.2) is 0 Å². The molecule has 2 rings (SSSR count). The van der Waals surface area contributed by atoms with Gasteiger partial charge in [0.2, 0.25) is 10.0 Å². The molecule has 0 aliphatic carbocycles. The molecular weight excluding hydrogens is 334 g/mol. The summed E-state index contributed by atoms with van der Waals surface area (Å²) in [5.41, 5.74) is 0.620. The first kappa shape index (κ1) is 16.0. The van der Waals surface area contributed by atoms with Crippen molar-refractivity contribution in [3.8, 4) is 0 Å². The van der Waals surface area contributed by atoms with E-state index in [0.29, 0.717) is 10.6 Å². The van der Waals surface area contributed by atoms with Crippen molar-refractivity contribution in [3.05, 3.63) is 51.2 Å². The van der Waals surface area contributed by atoms with Crippen LogP contribution in [0, 0.1) is 0 Å². The van der Waals surface area contributed by atoms with Gasteiger partial charge in [-0.05, 0) is 30.0 Å². The Bertz CT molecular complexity index is 770. The maximum absolute atomic E-state index is 12.3. The Morgan fingerprint density at radius 3 is 2.62 bits per heavy atom. The Labute approximate surface area is 131 Å². The summed E-state index contributed by atoms with van der Waals surface area (Å²) in [5, 5.41) is 10.9. The molecule has 8 heteroatoms. The van der Waals surface area contributed by atoms with Gasteiger partial charge in [-0.25, -0.2) is 17.9 Å². The molecule has 0 bridgehead atoms. The van der Waals surface area contributed by atoms with E-state index in [0.717, 1.165) is 11.3 Å². The van der Waals surface area contributed by atoms with Crippen LogP contribution in [0.25, 0.3) is 0 Å². The van der Waals surface area contributed by atoms with Gasteiger partial charge >= 0.3 is 5.97 Å². The first-order valence-electron chi connectivity index (χ1n) is 5.90. The zero-order valence-corrected chi connectivity index (χ0v) is 13.3. The Hall–Kier alpha value is -1.41. The van der Waals surface area contributed by atoms with E-state index in [-0.39, 0.29) is 9.77 Å².